The molecule has 5 heteroatoms. The fraction of sp³-hybridized carbons (Fsp3) is 0.150. The Hall–Kier alpha value is -1.79. The van der Waals surface area contributed by atoms with E-state index in [0.717, 1.165) is 19.8 Å². The number of halogens is 1. The Morgan fingerprint density at radius 2 is 1.60 bits per heavy atom. The fourth-order valence-electron chi connectivity index (χ4n) is 2.75. The number of carbonyl (C=O) groups is 1. The van der Waals surface area contributed by atoms with E-state index in [9.17, 15) is 4.79 Å². The lowest BCUT2D eigenvalue weighted by atomic mass is 10.0. The van der Waals surface area contributed by atoms with Gasteiger partial charge in [0, 0.05) is 20.5 Å². The second-order valence-electron chi connectivity index (χ2n) is 5.67. The van der Waals surface area contributed by atoms with Crippen LogP contribution in [-0.4, -0.2) is 19.0 Å². The number of ketones is 1. The van der Waals surface area contributed by atoms with Gasteiger partial charge in [0.25, 0.3) is 0 Å². The molecule has 0 aliphatic carbocycles. The van der Waals surface area contributed by atoms with E-state index in [4.69, 9.17) is 9.47 Å². The van der Waals surface area contributed by atoms with Crippen molar-refractivity contribution in [2.75, 3.05) is 13.2 Å². The first kappa shape index (κ1) is 16.7. The van der Waals surface area contributed by atoms with Gasteiger partial charge in [-0.3, -0.25) is 4.79 Å². The van der Waals surface area contributed by atoms with Gasteiger partial charge >= 0.3 is 0 Å². The predicted molar refractivity (Wildman–Crippen MR) is 102 cm³/mol. The zero-order valence-electron chi connectivity index (χ0n) is 13.3. The van der Waals surface area contributed by atoms with Gasteiger partial charge in [0.2, 0.25) is 0 Å². The number of hydrogen-bond acceptors (Lipinski definition) is 4. The van der Waals surface area contributed by atoms with Gasteiger partial charge in [-0.15, -0.1) is 11.3 Å². The number of carbonyl (C=O) groups excluding carboxylic acids is 1. The standard InChI is InChI=1S/C20H15BrO3S/c21-16-12-17(20-23-10-11-24-20)25-19(16)15-8-6-14(7-9-15)18(22)13-4-2-1-3-5-13/h1-9,12,20H,10-11H2. The molecule has 1 aliphatic rings. The Kier molecular flexibility index (Phi) is 4.81. The molecule has 3 nitrogen and oxygen atoms in total. The highest BCUT2D eigenvalue weighted by atomic mass is 79.9. The molecule has 0 saturated carbocycles. The summed E-state index contributed by atoms with van der Waals surface area (Å²) in [5.74, 6) is 0.0332. The van der Waals surface area contributed by atoms with Crippen molar-refractivity contribution >= 4 is 33.0 Å². The third-order valence-electron chi connectivity index (χ3n) is 4.01. The molecule has 1 aromatic heterocycles. The van der Waals surface area contributed by atoms with Crippen LogP contribution in [0.3, 0.4) is 0 Å². The maximum Gasteiger partial charge on any atom is 0.193 e. The molecular weight excluding hydrogens is 400 g/mol. The molecule has 126 valence electrons. The van der Waals surface area contributed by atoms with Gasteiger partial charge in [-0.1, -0.05) is 54.6 Å². The molecule has 0 atom stereocenters. The highest BCUT2D eigenvalue weighted by Crippen LogP contribution is 2.41. The minimum absolute atomic E-state index is 0.0332. The average molecular weight is 415 g/mol. The molecule has 1 fully saturated rings. The lowest BCUT2D eigenvalue weighted by Gasteiger charge is -2.05. The summed E-state index contributed by atoms with van der Waals surface area (Å²) in [5.41, 5.74) is 2.45. The molecule has 0 spiro atoms. The van der Waals surface area contributed by atoms with Crippen molar-refractivity contribution in [2.24, 2.45) is 0 Å². The van der Waals surface area contributed by atoms with Crippen LogP contribution in [-0.2, 0) is 9.47 Å². The van der Waals surface area contributed by atoms with Crippen LogP contribution in [0.5, 0.6) is 0 Å². The van der Waals surface area contributed by atoms with E-state index in [0.29, 0.717) is 24.3 Å². The Bertz CT molecular complexity index is 881. The Balaban J connectivity index is 1.59. The summed E-state index contributed by atoms with van der Waals surface area (Å²) < 4.78 is 12.1. The minimum atomic E-state index is -0.269. The number of hydrogen-bond donors (Lipinski definition) is 0. The second-order valence-corrected chi connectivity index (χ2v) is 7.61. The zero-order valence-corrected chi connectivity index (χ0v) is 15.7. The quantitative estimate of drug-likeness (QED) is 0.532. The smallest absolute Gasteiger partial charge is 0.193 e. The van der Waals surface area contributed by atoms with E-state index in [1.807, 2.05) is 60.7 Å². The highest BCUT2D eigenvalue weighted by molar-refractivity contribution is 9.10. The molecule has 0 radical (unpaired) electrons. The predicted octanol–water partition coefficient (Wildman–Crippen LogP) is 5.45. The molecule has 4 rings (SSSR count). The third kappa shape index (κ3) is 3.46. The summed E-state index contributed by atoms with van der Waals surface area (Å²) in [4.78, 5) is 14.6. The molecule has 2 heterocycles. The monoisotopic (exact) mass is 414 g/mol. The van der Waals surface area contributed by atoms with E-state index in [1.54, 1.807) is 11.3 Å². The topological polar surface area (TPSA) is 35.5 Å². The molecule has 2 aromatic carbocycles. The van der Waals surface area contributed by atoms with Crippen LogP contribution in [0.4, 0.5) is 0 Å². The zero-order chi connectivity index (χ0) is 17.2. The van der Waals surface area contributed by atoms with E-state index < -0.39 is 0 Å². The molecule has 0 amide bonds. The van der Waals surface area contributed by atoms with Crippen molar-refractivity contribution in [3.05, 3.63) is 81.1 Å². The Labute approximate surface area is 158 Å². The third-order valence-corrected chi connectivity index (χ3v) is 6.10. The summed E-state index contributed by atoms with van der Waals surface area (Å²) in [5, 5.41) is 0. The number of ether oxygens (including phenoxy) is 2. The largest absolute Gasteiger partial charge is 0.345 e. The first-order chi connectivity index (χ1) is 12.2. The molecule has 1 aliphatic heterocycles. The van der Waals surface area contributed by atoms with Crippen LogP contribution in [0, 0.1) is 0 Å². The number of benzene rings is 2. The Morgan fingerprint density at radius 1 is 0.960 bits per heavy atom. The van der Waals surface area contributed by atoms with Crippen molar-refractivity contribution in [1.82, 2.24) is 0 Å². The first-order valence-electron chi connectivity index (χ1n) is 7.95. The van der Waals surface area contributed by atoms with Crippen LogP contribution < -0.4 is 0 Å². The highest BCUT2D eigenvalue weighted by Gasteiger charge is 2.22. The van der Waals surface area contributed by atoms with Crippen LogP contribution in [0.1, 0.15) is 27.1 Å². The average Bonchev–Trinajstić information content (AvgIpc) is 3.32. The number of rotatable bonds is 4. The summed E-state index contributed by atoms with van der Waals surface area (Å²) in [6.45, 7) is 1.26. The maximum atomic E-state index is 12.5. The van der Waals surface area contributed by atoms with E-state index >= 15 is 0 Å². The molecule has 0 unspecified atom stereocenters. The van der Waals surface area contributed by atoms with Gasteiger partial charge < -0.3 is 9.47 Å². The van der Waals surface area contributed by atoms with E-state index in [2.05, 4.69) is 15.9 Å². The molecule has 3 aromatic rings. The van der Waals surface area contributed by atoms with Gasteiger partial charge in [-0.2, -0.15) is 0 Å². The summed E-state index contributed by atoms with van der Waals surface area (Å²) in [6.07, 6.45) is -0.269. The van der Waals surface area contributed by atoms with Crippen LogP contribution >= 0.6 is 27.3 Å². The van der Waals surface area contributed by atoms with Crippen molar-refractivity contribution in [3.63, 3.8) is 0 Å². The van der Waals surface area contributed by atoms with Gasteiger partial charge in [0.05, 0.1) is 18.1 Å². The van der Waals surface area contributed by atoms with E-state index in [-0.39, 0.29) is 12.1 Å². The minimum Gasteiger partial charge on any atom is -0.345 e. The Morgan fingerprint density at radius 3 is 2.28 bits per heavy atom. The lowest BCUT2D eigenvalue weighted by molar-refractivity contribution is -0.0413. The second kappa shape index (κ2) is 7.22. The summed E-state index contributed by atoms with van der Waals surface area (Å²) in [6, 6.07) is 19.1. The maximum absolute atomic E-state index is 12.5. The molecule has 25 heavy (non-hydrogen) atoms. The van der Waals surface area contributed by atoms with Crippen molar-refractivity contribution in [2.45, 2.75) is 6.29 Å². The van der Waals surface area contributed by atoms with Crippen molar-refractivity contribution in [1.29, 1.82) is 0 Å². The first-order valence-corrected chi connectivity index (χ1v) is 9.56. The van der Waals surface area contributed by atoms with E-state index in [1.165, 1.54) is 0 Å². The van der Waals surface area contributed by atoms with Gasteiger partial charge in [-0.05, 0) is 27.6 Å². The van der Waals surface area contributed by atoms with Gasteiger partial charge in [0.15, 0.2) is 12.1 Å². The van der Waals surface area contributed by atoms with Crippen molar-refractivity contribution in [3.8, 4) is 10.4 Å². The van der Waals surface area contributed by atoms with Crippen LogP contribution in [0.2, 0.25) is 0 Å². The van der Waals surface area contributed by atoms with Crippen LogP contribution in [0.25, 0.3) is 10.4 Å². The fourth-order valence-corrected chi connectivity index (χ4v) is 4.68. The molecular formula is C20H15BrO3S. The summed E-state index contributed by atoms with van der Waals surface area (Å²) >= 11 is 5.26. The normalized spacial score (nSPS) is 14.8. The SMILES string of the molecule is O=C(c1ccccc1)c1ccc(-c2sc(C3OCCO3)cc2Br)cc1. The van der Waals surface area contributed by atoms with Crippen LogP contribution in [0.15, 0.2) is 65.1 Å². The molecule has 0 bridgehead atoms. The lowest BCUT2D eigenvalue weighted by Crippen LogP contribution is -2.00. The molecule has 0 N–H and O–H groups in total. The molecule has 1 saturated heterocycles. The van der Waals surface area contributed by atoms with Gasteiger partial charge in [-0.25, -0.2) is 0 Å². The number of thiophene rings is 1. The van der Waals surface area contributed by atoms with Gasteiger partial charge in [0.1, 0.15) is 0 Å². The summed E-state index contributed by atoms with van der Waals surface area (Å²) in [7, 11) is 0. The van der Waals surface area contributed by atoms with Crippen molar-refractivity contribution < 1.29 is 14.3 Å².